The lowest BCUT2D eigenvalue weighted by atomic mass is 9.99. The fourth-order valence-electron chi connectivity index (χ4n) is 4.54. The van der Waals surface area contributed by atoms with Gasteiger partial charge >= 0.3 is 0 Å². The van der Waals surface area contributed by atoms with Crippen LogP contribution in [-0.2, 0) is 0 Å². The van der Waals surface area contributed by atoms with Gasteiger partial charge in [-0.1, -0.05) is 45.0 Å². The summed E-state index contributed by atoms with van der Waals surface area (Å²) < 4.78 is 3.77. The largest absolute Gasteiger partial charge is 0.293 e. The first-order chi connectivity index (χ1) is 15.9. The molecule has 168 valence electrons. The van der Waals surface area contributed by atoms with E-state index in [2.05, 4.69) is 52.0 Å². The summed E-state index contributed by atoms with van der Waals surface area (Å²) in [5.74, 6) is 1.19. The van der Waals surface area contributed by atoms with E-state index in [1.54, 1.807) is 4.57 Å². The van der Waals surface area contributed by atoms with E-state index in [9.17, 15) is 4.79 Å². The van der Waals surface area contributed by atoms with E-state index in [1.807, 2.05) is 35.8 Å². The van der Waals surface area contributed by atoms with Gasteiger partial charge in [0.05, 0.1) is 11.0 Å². The van der Waals surface area contributed by atoms with Crippen LogP contribution in [0.1, 0.15) is 63.9 Å². The molecule has 3 aromatic heterocycles. The highest BCUT2D eigenvalue weighted by Gasteiger charge is 2.23. The normalized spacial score (nSPS) is 13.7. The Hall–Kier alpha value is -3.54. The van der Waals surface area contributed by atoms with Crippen LogP contribution in [-0.4, -0.2) is 24.1 Å². The van der Waals surface area contributed by atoms with Crippen LogP contribution >= 0.6 is 0 Å². The fraction of sp³-hybridized carbons (Fsp3) is 0.333. The minimum Gasteiger partial charge on any atom is -0.293 e. The number of nitrogens with zero attached hydrogens (tertiary/aromatic N) is 5. The van der Waals surface area contributed by atoms with Gasteiger partial charge in [0, 0.05) is 11.7 Å². The summed E-state index contributed by atoms with van der Waals surface area (Å²) in [4.78, 5) is 28.5. The molecule has 0 N–H and O–H groups in total. The molecule has 0 spiro atoms. The van der Waals surface area contributed by atoms with Gasteiger partial charge in [0.2, 0.25) is 0 Å². The third-order valence-corrected chi connectivity index (χ3v) is 6.85. The lowest BCUT2D eigenvalue weighted by Gasteiger charge is -2.16. The van der Waals surface area contributed by atoms with E-state index in [4.69, 9.17) is 15.0 Å². The van der Waals surface area contributed by atoms with Crippen molar-refractivity contribution in [2.75, 3.05) is 0 Å². The molecule has 5 aromatic rings. The Bertz CT molecular complexity index is 1550. The van der Waals surface area contributed by atoms with Crippen LogP contribution < -0.4 is 5.56 Å². The van der Waals surface area contributed by atoms with Crippen molar-refractivity contribution in [1.29, 1.82) is 0 Å². The third-order valence-electron chi connectivity index (χ3n) is 6.85. The van der Waals surface area contributed by atoms with E-state index in [-0.39, 0.29) is 11.6 Å². The van der Waals surface area contributed by atoms with E-state index in [1.165, 1.54) is 5.56 Å². The average molecular weight is 440 g/mol. The molecule has 0 saturated heterocycles. The van der Waals surface area contributed by atoms with Gasteiger partial charge in [0.15, 0.2) is 11.3 Å². The summed E-state index contributed by atoms with van der Waals surface area (Å²) in [5, 5.41) is 0.528. The summed E-state index contributed by atoms with van der Waals surface area (Å²) >= 11 is 0. The number of rotatable bonds is 5. The first kappa shape index (κ1) is 21.3. The number of hydrogen-bond acceptors (Lipinski definition) is 4. The van der Waals surface area contributed by atoms with Gasteiger partial charge in [0.25, 0.3) is 5.56 Å². The summed E-state index contributed by atoms with van der Waals surface area (Å²) in [6, 6.07) is 16.3. The maximum Gasteiger partial charge on any atom is 0.265 e. The number of aryl methyl sites for hydroxylation is 1. The topological polar surface area (TPSA) is 65.6 Å². The zero-order chi connectivity index (χ0) is 23.3. The van der Waals surface area contributed by atoms with Gasteiger partial charge in [-0.2, -0.15) is 0 Å². The molecule has 6 heteroatoms. The molecule has 6 nitrogen and oxygen atoms in total. The second-order valence-corrected chi connectivity index (χ2v) is 8.91. The van der Waals surface area contributed by atoms with E-state index in [0.717, 1.165) is 29.6 Å². The quantitative estimate of drug-likeness (QED) is 0.333. The van der Waals surface area contributed by atoms with Gasteiger partial charge in [-0.15, -0.1) is 0 Å². The van der Waals surface area contributed by atoms with Crippen LogP contribution in [0.2, 0.25) is 0 Å². The lowest BCUT2D eigenvalue weighted by molar-refractivity contribution is 0.497. The Morgan fingerprint density at radius 2 is 1.52 bits per heavy atom. The Balaban J connectivity index is 1.91. The molecule has 2 aromatic carbocycles. The molecule has 0 aliphatic rings. The van der Waals surface area contributed by atoms with Crippen molar-refractivity contribution < 1.29 is 0 Å². The predicted molar refractivity (Wildman–Crippen MR) is 134 cm³/mol. The number of fused-ring (bicyclic) bond motifs is 4. The monoisotopic (exact) mass is 439 g/mol. The van der Waals surface area contributed by atoms with Crippen LogP contribution in [0.3, 0.4) is 0 Å². The molecule has 0 radical (unpaired) electrons. The fourth-order valence-corrected chi connectivity index (χ4v) is 4.54. The molecule has 0 aliphatic heterocycles. The second kappa shape index (κ2) is 8.10. The van der Waals surface area contributed by atoms with Crippen molar-refractivity contribution >= 4 is 33.2 Å². The van der Waals surface area contributed by atoms with E-state index < -0.39 is 0 Å². The van der Waals surface area contributed by atoms with Crippen molar-refractivity contribution in [3.05, 3.63) is 70.3 Å². The number of hydrogen-bond donors (Lipinski definition) is 0. The van der Waals surface area contributed by atoms with Gasteiger partial charge in [-0.25, -0.2) is 15.0 Å². The Labute approximate surface area is 192 Å². The molecule has 3 heterocycles. The second-order valence-electron chi connectivity index (χ2n) is 8.91. The smallest absolute Gasteiger partial charge is 0.265 e. The van der Waals surface area contributed by atoms with Crippen LogP contribution in [0, 0.1) is 6.92 Å². The van der Waals surface area contributed by atoms with Crippen molar-refractivity contribution in [2.45, 2.75) is 59.4 Å². The molecule has 0 unspecified atom stereocenters. The van der Waals surface area contributed by atoms with Crippen molar-refractivity contribution in [2.24, 2.45) is 0 Å². The average Bonchev–Trinajstić information content (AvgIpc) is 3.14. The van der Waals surface area contributed by atoms with Gasteiger partial charge < -0.3 is 0 Å². The Kier molecular flexibility index (Phi) is 5.23. The van der Waals surface area contributed by atoms with Gasteiger partial charge in [0.1, 0.15) is 16.7 Å². The minimum atomic E-state index is -0.0589. The van der Waals surface area contributed by atoms with E-state index >= 15 is 0 Å². The highest BCUT2D eigenvalue weighted by Crippen LogP contribution is 2.30. The summed E-state index contributed by atoms with van der Waals surface area (Å²) in [6.45, 7) is 10.5. The van der Waals surface area contributed by atoms with Gasteiger partial charge in [-0.3, -0.25) is 13.9 Å². The summed E-state index contributed by atoms with van der Waals surface area (Å²) in [7, 11) is 0. The molecule has 0 saturated carbocycles. The lowest BCUT2D eigenvalue weighted by Crippen LogP contribution is -2.26. The summed E-state index contributed by atoms with van der Waals surface area (Å²) in [6.07, 6.45) is 1.93. The molecule has 0 bridgehead atoms. The van der Waals surface area contributed by atoms with Crippen LogP contribution in [0.15, 0.2) is 53.3 Å². The molecule has 0 fully saturated rings. The highest BCUT2D eigenvalue weighted by atomic mass is 16.1. The Morgan fingerprint density at radius 3 is 2.15 bits per heavy atom. The molecular weight excluding hydrogens is 410 g/mol. The van der Waals surface area contributed by atoms with E-state index in [0.29, 0.717) is 33.9 Å². The van der Waals surface area contributed by atoms with Gasteiger partial charge in [-0.05, 0) is 62.4 Å². The van der Waals surface area contributed by atoms with Crippen LogP contribution in [0.4, 0.5) is 0 Å². The predicted octanol–water partition coefficient (Wildman–Crippen LogP) is 6.08. The number of para-hydroxylation sites is 2. The maximum absolute atomic E-state index is 13.8. The van der Waals surface area contributed by atoms with Crippen LogP contribution in [0.5, 0.6) is 0 Å². The summed E-state index contributed by atoms with van der Waals surface area (Å²) in [5.41, 5.74) is 5.60. The number of benzene rings is 2. The van der Waals surface area contributed by atoms with Crippen molar-refractivity contribution in [3.63, 3.8) is 0 Å². The Morgan fingerprint density at radius 1 is 0.848 bits per heavy atom. The highest BCUT2D eigenvalue weighted by molar-refractivity contribution is 6.05. The SMILES string of the molecule is CC[C@H](C)c1ccc(-n2c3nc4ccccc4nc3c3c(=O)n([C@@H](C)CC)c(C)nc32)cc1. The first-order valence-corrected chi connectivity index (χ1v) is 11.7. The molecule has 2 atom stereocenters. The van der Waals surface area contributed by atoms with Crippen LogP contribution in [0.25, 0.3) is 38.9 Å². The minimum absolute atomic E-state index is 0.0519. The molecule has 33 heavy (non-hydrogen) atoms. The maximum atomic E-state index is 13.8. The number of aromatic nitrogens is 5. The molecule has 0 amide bonds. The van der Waals surface area contributed by atoms with Crippen molar-refractivity contribution in [1.82, 2.24) is 24.1 Å². The van der Waals surface area contributed by atoms with Crippen molar-refractivity contribution in [3.8, 4) is 5.69 Å². The molecule has 0 aliphatic carbocycles. The zero-order valence-corrected chi connectivity index (χ0v) is 19.8. The first-order valence-electron chi connectivity index (χ1n) is 11.7. The standard InChI is InChI=1S/C27H29N5O/c1-6-16(3)19-12-14-20(15-13-19)32-25-23(27(33)31(17(4)7-2)18(5)28-25)24-26(32)30-22-11-9-8-10-21(22)29-24/h8-17H,6-7H2,1-5H3/t16-,17-/m0/s1. The third kappa shape index (κ3) is 3.32. The molecular formula is C27H29N5O. The zero-order valence-electron chi connectivity index (χ0n) is 19.8. The molecule has 5 rings (SSSR count).